The van der Waals surface area contributed by atoms with Gasteiger partial charge in [0.2, 0.25) is 0 Å². The molecule has 1 aromatic heterocycles. The average Bonchev–Trinajstić information content (AvgIpc) is 2.78. The second kappa shape index (κ2) is 4.34. The van der Waals surface area contributed by atoms with Crippen LogP contribution in [0.5, 0.6) is 0 Å². The maximum atomic E-state index is 4.45. The minimum Gasteiger partial charge on any atom is -0.338 e. The molecule has 0 aromatic carbocycles. The van der Waals surface area contributed by atoms with Crippen molar-refractivity contribution in [1.29, 1.82) is 0 Å². The lowest BCUT2D eigenvalue weighted by atomic mass is 9.95. The van der Waals surface area contributed by atoms with Crippen LogP contribution in [0.1, 0.15) is 31.5 Å². The first-order chi connectivity index (χ1) is 9.29. The van der Waals surface area contributed by atoms with Crippen LogP contribution < -0.4 is 5.32 Å². The zero-order chi connectivity index (χ0) is 13.0. The lowest BCUT2D eigenvalue weighted by Crippen LogP contribution is -2.31. The van der Waals surface area contributed by atoms with E-state index in [0.29, 0.717) is 0 Å². The van der Waals surface area contributed by atoms with Gasteiger partial charge in [-0.2, -0.15) is 0 Å². The molecule has 0 saturated heterocycles. The molecule has 0 spiro atoms. The topological polar surface area (TPSA) is 29.9 Å². The van der Waals surface area contributed by atoms with Crippen molar-refractivity contribution in [2.75, 3.05) is 7.05 Å². The van der Waals surface area contributed by atoms with Gasteiger partial charge in [-0.1, -0.05) is 0 Å². The lowest BCUT2D eigenvalue weighted by Gasteiger charge is -2.19. The van der Waals surface area contributed by atoms with Crippen LogP contribution in [0.25, 0.3) is 0 Å². The minimum atomic E-state index is 0.718. The fourth-order valence-corrected chi connectivity index (χ4v) is 5.38. The summed E-state index contributed by atoms with van der Waals surface area (Å²) in [4.78, 5) is 4.45. The smallest absolute Gasteiger partial charge is 0.108 e. The van der Waals surface area contributed by atoms with Crippen LogP contribution in [-0.4, -0.2) is 22.6 Å². The predicted molar refractivity (Wildman–Crippen MR) is 75.7 cm³/mol. The number of hydrogen-bond acceptors (Lipinski definition) is 2. The van der Waals surface area contributed by atoms with Gasteiger partial charge in [0, 0.05) is 31.9 Å². The van der Waals surface area contributed by atoms with Gasteiger partial charge in [0.05, 0.1) is 0 Å². The lowest BCUT2D eigenvalue weighted by molar-refractivity contribution is 0.361. The molecule has 1 heterocycles. The van der Waals surface area contributed by atoms with E-state index in [4.69, 9.17) is 0 Å². The van der Waals surface area contributed by atoms with E-state index in [1.165, 1.54) is 25.1 Å². The third-order valence-corrected chi connectivity index (χ3v) is 6.23. The third-order valence-electron chi connectivity index (χ3n) is 6.23. The molecule has 3 heteroatoms. The Balaban J connectivity index is 1.39. The van der Waals surface area contributed by atoms with Gasteiger partial charge < -0.3 is 9.88 Å². The monoisotopic (exact) mass is 259 g/mol. The first kappa shape index (κ1) is 12.0. The largest absolute Gasteiger partial charge is 0.338 e. The molecule has 104 valence electrons. The summed E-state index contributed by atoms with van der Waals surface area (Å²) in [5, 5.41) is 3.61. The Morgan fingerprint density at radius 2 is 2.11 bits per heavy atom. The molecule has 0 amide bonds. The Labute approximate surface area is 115 Å². The number of fused-ring (bicyclic) bond motifs is 5. The summed E-state index contributed by atoms with van der Waals surface area (Å²) < 4.78 is 2.16. The van der Waals surface area contributed by atoms with Crippen LogP contribution in [0.3, 0.4) is 0 Å². The van der Waals surface area contributed by atoms with Crippen molar-refractivity contribution in [2.45, 2.75) is 38.1 Å². The minimum absolute atomic E-state index is 0.718. The first-order valence-corrected chi connectivity index (χ1v) is 7.93. The molecule has 3 fully saturated rings. The molecule has 3 aliphatic rings. The van der Waals surface area contributed by atoms with E-state index in [1.54, 1.807) is 6.42 Å². The van der Waals surface area contributed by atoms with E-state index in [2.05, 4.69) is 35.2 Å². The van der Waals surface area contributed by atoms with Crippen LogP contribution in [0, 0.1) is 29.6 Å². The van der Waals surface area contributed by atoms with Gasteiger partial charge in [-0.3, -0.25) is 0 Å². The zero-order valence-corrected chi connectivity index (χ0v) is 12.0. The van der Waals surface area contributed by atoms with Crippen molar-refractivity contribution >= 4 is 0 Å². The molecule has 1 aromatic rings. The summed E-state index contributed by atoms with van der Waals surface area (Å²) >= 11 is 0. The maximum Gasteiger partial charge on any atom is 0.108 e. The van der Waals surface area contributed by atoms with Gasteiger partial charge in [0.25, 0.3) is 0 Å². The third kappa shape index (κ3) is 1.78. The maximum absolute atomic E-state index is 4.45. The van der Waals surface area contributed by atoms with E-state index in [9.17, 15) is 0 Å². The van der Waals surface area contributed by atoms with Crippen molar-refractivity contribution in [3.8, 4) is 0 Å². The quantitative estimate of drug-likeness (QED) is 0.879. The van der Waals surface area contributed by atoms with Crippen LogP contribution >= 0.6 is 0 Å². The summed E-state index contributed by atoms with van der Waals surface area (Å²) in [6.07, 6.45) is 10.9. The average molecular weight is 259 g/mol. The molecule has 19 heavy (non-hydrogen) atoms. The van der Waals surface area contributed by atoms with E-state index in [1.807, 2.05) is 6.20 Å². The molecule has 5 atom stereocenters. The Hall–Kier alpha value is -0.830. The number of aromatic nitrogens is 2. The highest BCUT2D eigenvalue weighted by Gasteiger charge is 2.66. The zero-order valence-electron chi connectivity index (χ0n) is 12.0. The van der Waals surface area contributed by atoms with E-state index >= 15 is 0 Å². The number of rotatable bonds is 5. The number of imidazole rings is 1. The number of aryl methyl sites for hydroxylation is 2. The highest BCUT2D eigenvalue weighted by molar-refractivity contribution is 5.15. The van der Waals surface area contributed by atoms with Gasteiger partial charge in [-0.25, -0.2) is 4.98 Å². The highest BCUT2D eigenvalue weighted by Crippen LogP contribution is 2.70. The summed E-state index contributed by atoms with van der Waals surface area (Å²) in [6, 6.07) is 0.718. The van der Waals surface area contributed by atoms with Gasteiger partial charge >= 0.3 is 0 Å². The number of nitrogens with one attached hydrogen (secondary N) is 1. The molecule has 5 unspecified atom stereocenters. The predicted octanol–water partition coefficient (Wildman–Crippen LogP) is 2.23. The summed E-state index contributed by atoms with van der Waals surface area (Å²) in [7, 11) is 4.25. The van der Waals surface area contributed by atoms with Gasteiger partial charge in [-0.15, -0.1) is 0 Å². The van der Waals surface area contributed by atoms with Gasteiger partial charge in [-0.05, 0) is 62.3 Å². The molecule has 1 N–H and O–H groups in total. The SMILES string of the molecule is CNC(CCc1nccn1C)C1C2C3CCC(C3)C21. The fraction of sp³-hybridized carbons (Fsp3) is 0.812. The number of hydrogen-bond donors (Lipinski definition) is 1. The van der Waals surface area contributed by atoms with E-state index in [-0.39, 0.29) is 0 Å². The molecule has 3 aliphatic carbocycles. The molecule has 3 saturated carbocycles. The standard InChI is InChI=1S/C16H25N3/c1-17-12(5-6-13-18-7-8-19(13)2)16-14-10-3-4-11(9-10)15(14)16/h7-8,10-12,14-17H,3-6,9H2,1-2H3. The molecule has 2 bridgehead atoms. The van der Waals surface area contributed by atoms with Gasteiger partial charge in [0.1, 0.15) is 5.82 Å². The van der Waals surface area contributed by atoms with E-state index < -0.39 is 0 Å². The number of nitrogens with zero attached hydrogens (tertiary/aromatic N) is 2. The summed E-state index contributed by atoms with van der Waals surface area (Å²) in [5.41, 5.74) is 0. The Bertz CT molecular complexity index is 450. The second-order valence-corrected chi connectivity index (χ2v) is 6.95. The fourth-order valence-electron chi connectivity index (χ4n) is 5.38. The molecule has 3 nitrogen and oxygen atoms in total. The van der Waals surface area contributed by atoms with Crippen molar-refractivity contribution in [3.05, 3.63) is 18.2 Å². The van der Waals surface area contributed by atoms with Crippen LogP contribution in [0.2, 0.25) is 0 Å². The molecule has 4 rings (SSSR count). The normalized spacial score (nSPS) is 40.4. The van der Waals surface area contributed by atoms with Crippen molar-refractivity contribution in [1.82, 2.24) is 14.9 Å². The van der Waals surface area contributed by atoms with Crippen molar-refractivity contribution in [2.24, 2.45) is 36.6 Å². The highest BCUT2D eigenvalue weighted by atomic mass is 15.0. The van der Waals surface area contributed by atoms with Crippen LogP contribution in [0.4, 0.5) is 0 Å². The van der Waals surface area contributed by atoms with Crippen molar-refractivity contribution in [3.63, 3.8) is 0 Å². The second-order valence-electron chi connectivity index (χ2n) is 6.95. The Kier molecular flexibility index (Phi) is 2.73. The Morgan fingerprint density at radius 1 is 1.37 bits per heavy atom. The molecular weight excluding hydrogens is 234 g/mol. The van der Waals surface area contributed by atoms with Crippen molar-refractivity contribution < 1.29 is 0 Å². The summed E-state index contributed by atoms with van der Waals surface area (Å²) in [6.45, 7) is 0. The first-order valence-electron chi connectivity index (χ1n) is 7.93. The van der Waals surface area contributed by atoms with Crippen LogP contribution in [0.15, 0.2) is 12.4 Å². The molecular formula is C16H25N3. The Morgan fingerprint density at radius 3 is 2.68 bits per heavy atom. The van der Waals surface area contributed by atoms with Gasteiger partial charge in [0.15, 0.2) is 0 Å². The summed E-state index contributed by atoms with van der Waals surface area (Å²) in [5.74, 6) is 6.55. The molecule has 0 radical (unpaired) electrons. The van der Waals surface area contributed by atoms with E-state index in [0.717, 1.165) is 42.1 Å². The van der Waals surface area contributed by atoms with Crippen LogP contribution in [-0.2, 0) is 13.5 Å². The molecule has 0 aliphatic heterocycles.